The van der Waals surface area contributed by atoms with Crippen molar-refractivity contribution in [3.05, 3.63) is 41.6 Å². The molecule has 1 N–H and O–H groups in total. The Hall–Kier alpha value is -1.65. The van der Waals surface area contributed by atoms with Gasteiger partial charge >= 0.3 is 0 Å². The Kier molecular flexibility index (Phi) is 3.83. The number of rotatable bonds is 2. The standard InChI is InChI=1S/C16H18ClN3O/c1-16(21)7-9-20(10-8-16)14-11-13(17)18-15(19-14)12-5-3-2-4-6-12/h2-6,11,21H,7-10H2,1H3. The van der Waals surface area contributed by atoms with E-state index in [9.17, 15) is 5.11 Å². The van der Waals surface area contributed by atoms with Gasteiger partial charge in [0.2, 0.25) is 0 Å². The molecular weight excluding hydrogens is 286 g/mol. The lowest BCUT2D eigenvalue weighted by Gasteiger charge is -2.36. The van der Waals surface area contributed by atoms with Crippen molar-refractivity contribution in [2.24, 2.45) is 0 Å². The molecular formula is C16H18ClN3O. The third-order valence-electron chi connectivity index (χ3n) is 3.88. The lowest BCUT2D eigenvalue weighted by Crippen LogP contribution is -2.42. The van der Waals surface area contributed by atoms with Crippen molar-refractivity contribution >= 4 is 17.4 Å². The summed E-state index contributed by atoms with van der Waals surface area (Å²) in [5.41, 5.74) is 0.375. The molecule has 1 aliphatic heterocycles. The number of aliphatic hydroxyl groups is 1. The summed E-state index contributed by atoms with van der Waals surface area (Å²) in [6.45, 7) is 3.43. The minimum Gasteiger partial charge on any atom is -0.390 e. The minimum atomic E-state index is -0.574. The van der Waals surface area contributed by atoms with Crippen LogP contribution in [0.4, 0.5) is 5.82 Å². The Morgan fingerprint density at radius 1 is 1.14 bits per heavy atom. The maximum absolute atomic E-state index is 10.0. The highest BCUT2D eigenvalue weighted by atomic mass is 35.5. The van der Waals surface area contributed by atoms with E-state index >= 15 is 0 Å². The smallest absolute Gasteiger partial charge is 0.163 e. The summed E-state index contributed by atoms with van der Waals surface area (Å²) in [5.74, 6) is 1.46. The number of halogens is 1. The van der Waals surface area contributed by atoms with Gasteiger partial charge in [0, 0.05) is 24.7 Å². The fourth-order valence-electron chi connectivity index (χ4n) is 2.50. The van der Waals surface area contributed by atoms with Gasteiger partial charge in [-0.25, -0.2) is 9.97 Å². The largest absolute Gasteiger partial charge is 0.390 e. The number of anilines is 1. The van der Waals surface area contributed by atoms with Crippen molar-refractivity contribution < 1.29 is 5.11 Å². The Labute approximate surface area is 129 Å². The van der Waals surface area contributed by atoms with E-state index < -0.39 is 5.60 Å². The van der Waals surface area contributed by atoms with Crippen LogP contribution in [0.3, 0.4) is 0 Å². The molecule has 1 aromatic carbocycles. The fourth-order valence-corrected chi connectivity index (χ4v) is 2.68. The second-order valence-electron chi connectivity index (χ2n) is 5.72. The Balaban J connectivity index is 1.89. The third-order valence-corrected chi connectivity index (χ3v) is 4.07. The average molecular weight is 304 g/mol. The molecule has 2 heterocycles. The van der Waals surface area contributed by atoms with E-state index in [-0.39, 0.29) is 0 Å². The van der Waals surface area contributed by atoms with E-state index in [0.29, 0.717) is 11.0 Å². The maximum atomic E-state index is 10.0. The molecule has 2 aromatic rings. The first-order chi connectivity index (χ1) is 10.0. The highest BCUT2D eigenvalue weighted by molar-refractivity contribution is 6.29. The average Bonchev–Trinajstić information content (AvgIpc) is 2.47. The molecule has 1 aromatic heterocycles. The minimum absolute atomic E-state index is 0.441. The Morgan fingerprint density at radius 3 is 2.48 bits per heavy atom. The SMILES string of the molecule is CC1(O)CCN(c2cc(Cl)nc(-c3ccccc3)n2)CC1. The van der Waals surface area contributed by atoms with Gasteiger partial charge in [0.15, 0.2) is 5.82 Å². The first kappa shape index (κ1) is 14.3. The van der Waals surface area contributed by atoms with Crippen LogP contribution in [0.5, 0.6) is 0 Å². The maximum Gasteiger partial charge on any atom is 0.163 e. The second kappa shape index (κ2) is 5.62. The fraction of sp³-hybridized carbons (Fsp3) is 0.375. The van der Waals surface area contributed by atoms with Gasteiger partial charge in [-0.1, -0.05) is 41.9 Å². The predicted molar refractivity (Wildman–Crippen MR) is 84.5 cm³/mol. The van der Waals surface area contributed by atoms with Gasteiger partial charge in [0.05, 0.1) is 5.60 Å². The van der Waals surface area contributed by atoms with Gasteiger partial charge in [-0.15, -0.1) is 0 Å². The van der Waals surface area contributed by atoms with Gasteiger partial charge in [-0.3, -0.25) is 0 Å². The van der Waals surface area contributed by atoms with Crippen LogP contribution in [0.1, 0.15) is 19.8 Å². The molecule has 0 aliphatic carbocycles. The second-order valence-corrected chi connectivity index (χ2v) is 6.11. The van der Waals surface area contributed by atoms with Crippen LogP contribution in [-0.4, -0.2) is 33.8 Å². The molecule has 0 amide bonds. The van der Waals surface area contributed by atoms with Crippen molar-refractivity contribution in [3.63, 3.8) is 0 Å². The van der Waals surface area contributed by atoms with Crippen molar-refractivity contribution in [3.8, 4) is 11.4 Å². The molecule has 0 saturated carbocycles. The number of hydrogen-bond donors (Lipinski definition) is 1. The predicted octanol–water partition coefficient (Wildman–Crippen LogP) is 3.15. The number of aromatic nitrogens is 2. The van der Waals surface area contributed by atoms with E-state index in [2.05, 4.69) is 14.9 Å². The molecule has 3 rings (SSSR count). The molecule has 0 spiro atoms. The van der Waals surface area contributed by atoms with Crippen LogP contribution >= 0.6 is 11.6 Å². The molecule has 1 fully saturated rings. The molecule has 0 bridgehead atoms. The molecule has 21 heavy (non-hydrogen) atoms. The molecule has 110 valence electrons. The molecule has 1 saturated heterocycles. The van der Waals surface area contributed by atoms with Crippen molar-refractivity contribution in [1.82, 2.24) is 9.97 Å². The summed E-state index contributed by atoms with van der Waals surface area (Å²) in [6.07, 6.45) is 1.46. The zero-order chi connectivity index (χ0) is 14.9. The lowest BCUT2D eigenvalue weighted by molar-refractivity contribution is 0.0350. The van der Waals surface area contributed by atoms with Crippen molar-refractivity contribution in [1.29, 1.82) is 0 Å². The van der Waals surface area contributed by atoms with Crippen LogP contribution in [-0.2, 0) is 0 Å². The highest BCUT2D eigenvalue weighted by Gasteiger charge is 2.28. The lowest BCUT2D eigenvalue weighted by atomic mass is 9.94. The zero-order valence-electron chi connectivity index (χ0n) is 12.0. The van der Waals surface area contributed by atoms with E-state index in [4.69, 9.17) is 11.6 Å². The third kappa shape index (κ3) is 3.34. The number of benzene rings is 1. The van der Waals surface area contributed by atoms with Crippen LogP contribution in [0, 0.1) is 0 Å². The quantitative estimate of drug-likeness (QED) is 0.866. The van der Waals surface area contributed by atoms with Gasteiger partial charge in [0.1, 0.15) is 11.0 Å². The van der Waals surface area contributed by atoms with Gasteiger partial charge in [-0.2, -0.15) is 0 Å². The van der Waals surface area contributed by atoms with Gasteiger partial charge < -0.3 is 10.0 Å². The number of piperidine rings is 1. The summed E-state index contributed by atoms with van der Waals surface area (Å²) >= 11 is 6.15. The highest BCUT2D eigenvalue weighted by Crippen LogP contribution is 2.27. The van der Waals surface area contributed by atoms with Gasteiger partial charge in [0.25, 0.3) is 0 Å². The van der Waals surface area contributed by atoms with Crippen LogP contribution in [0.2, 0.25) is 5.15 Å². The van der Waals surface area contributed by atoms with E-state index in [0.717, 1.165) is 37.3 Å². The van der Waals surface area contributed by atoms with Crippen LogP contribution in [0.15, 0.2) is 36.4 Å². The van der Waals surface area contributed by atoms with Gasteiger partial charge in [-0.05, 0) is 19.8 Å². The summed E-state index contributed by atoms with van der Waals surface area (Å²) in [6, 6.07) is 11.6. The number of hydrogen-bond acceptors (Lipinski definition) is 4. The van der Waals surface area contributed by atoms with Crippen LogP contribution < -0.4 is 4.90 Å². The molecule has 0 atom stereocenters. The van der Waals surface area contributed by atoms with E-state index in [1.165, 1.54) is 0 Å². The van der Waals surface area contributed by atoms with Crippen molar-refractivity contribution in [2.75, 3.05) is 18.0 Å². The molecule has 4 nitrogen and oxygen atoms in total. The summed E-state index contributed by atoms with van der Waals surface area (Å²) in [4.78, 5) is 11.1. The van der Waals surface area contributed by atoms with E-state index in [1.807, 2.05) is 37.3 Å². The first-order valence-electron chi connectivity index (χ1n) is 7.11. The molecule has 1 aliphatic rings. The zero-order valence-corrected chi connectivity index (χ0v) is 12.7. The summed E-state index contributed by atoms with van der Waals surface area (Å²) in [5, 5.41) is 10.5. The summed E-state index contributed by atoms with van der Waals surface area (Å²) < 4.78 is 0. The molecule has 0 unspecified atom stereocenters. The Morgan fingerprint density at radius 2 is 1.81 bits per heavy atom. The Bertz CT molecular complexity index is 621. The number of nitrogens with zero attached hydrogens (tertiary/aromatic N) is 3. The monoisotopic (exact) mass is 303 g/mol. The first-order valence-corrected chi connectivity index (χ1v) is 7.49. The van der Waals surface area contributed by atoms with Crippen molar-refractivity contribution in [2.45, 2.75) is 25.4 Å². The molecule has 0 radical (unpaired) electrons. The van der Waals surface area contributed by atoms with Crippen LogP contribution in [0.25, 0.3) is 11.4 Å². The van der Waals surface area contributed by atoms with E-state index in [1.54, 1.807) is 6.07 Å². The topological polar surface area (TPSA) is 49.2 Å². The molecule has 5 heteroatoms. The summed E-state index contributed by atoms with van der Waals surface area (Å²) in [7, 11) is 0. The normalized spacial score (nSPS) is 17.8.